The number of aromatic hydroxyl groups is 1. The van der Waals surface area contributed by atoms with Crippen molar-refractivity contribution in [3.63, 3.8) is 0 Å². The minimum Gasteiger partial charge on any atom is -0.508 e. The van der Waals surface area contributed by atoms with Crippen LogP contribution in [0.25, 0.3) is 0 Å². The van der Waals surface area contributed by atoms with Crippen LogP contribution in [0, 0.1) is 5.41 Å². The molecular formula is C23H26F3N3O4. The number of carbonyl (C=O) groups excluding carboxylic acids is 2. The number of hydrogen-bond donors (Lipinski definition) is 3. The van der Waals surface area contributed by atoms with Crippen LogP contribution in [0.1, 0.15) is 54.2 Å². The third-order valence-corrected chi connectivity index (χ3v) is 4.85. The first-order valence-electron chi connectivity index (χ1n) is 10.1. The van der Waals surface area contributed by atoms with Crippen LogP contribution < -0.4 is 5.73 Å². The molecule has 2 rings (SSSR count). The van der Waals surface area contributed by atoms with E-state index in [9.17, 15) is 27.9 Å². The number of hydroxylamine groups is 2. The van der Waals surface area contributed by atoms with Crippen LogP contribution in [0.5, 0.6) is 5.75 Å². The molecule has 4 N–H and O–H groups in total. The van der Waals surface area contributed by atoms with Crippen molar-refractivity contribution in [1.29, 1.82) is 5.41 Å². The van der Waals surface area contributed by atoms with Gasteiger partial charge in [0.25, 0.3) is 5.91 Å². The molecule has 2 aromatic rings. The molecule has 0 atom stereocenters. The number of carbonyl (C=O) groups is 2. The Bertz CT molecular complexity index is 1030. The molecule has 178 valence electrons. The fraction of sp³-hybridized carbons (Fsp3) is 0.348. The van der Waals surface area contributed by atoms with Crippen molar-refractivity contribution in [3.05, 3.63) is 64.7 Å². The molecule has 0 aromatic heterocycles. The molecule has 0 aliphatic heterocycles. The lowest BCUT2D eigenvalue weighted by molar-refractivity contribution is -0.228. The molecule has 2 aromatic carbocycles. The second kappa shape index (κ2) is 9.93. The molecule has 0 spiro atoms. The summed E-state index contributed by atoms with van der Waals surface area (Å²) in [5.41, 5.74) is 6.95. The van der Waals surface area contributed by atoms with Crippen molar-refractivity contribution in [2.75, 3.05) is 6.54 Å². The third kappa shape index (κ3) is 6.96. The number of nitrogens with one attached hydrogen (secondary N) is 1. The summed E-state index contributed by atoms with van der Waals surface area (Å²) in [6.45, 7) is 5.55. The van der Waals surface area contributed by atoms with Crippen LogP contribution in [0.4, 0.5) is 13.2 Å². The number of nitrogen functional groups attached to an aromatic ring is 1. The van der Waals surface area contributed by atoms with Crippen molar-refractivity contribution in [1.82, 2.24) is 5.06 Å². The zero-order valence-corrected chi connectivity index (χ0v) is 18.5. The predicted octanol–water partition coefficient (Wildman–Crippen LogP) is 4.07. The first kappa shape index (κ1) is 25.7. The molecule has 1 amide bonds. The van der Waals surface area contributed by atoms with Gasteiger partial charge in [-0.2, -0.15) is 18.2 Å². The number of hydrogen-bond acceptors (Lipinski definition) is 5. The Morgan fingerprint density at radius 2 is 1.64 bits per heavy atom. The van der Waals surface area contributed by atoms with E-state index in [1.54, 1.807) is 12.1 Å². The highest BCUT2D eigenvalue weighted by Gasteiger charge is 2.43. The third-order valence-electron chi connectivity index (χ3n) is 4.85. The summed E-state index contributed by atoms with van der Waals surface area (Å²) in [6.07, 6.45) is -5.09. The normalized spacial score (nSPS) is 11.7. The standard InChI is InChI=1S/C23H26F3N3O4/c1-22(2,3)17-9-6-14(7-10-17)20(31)29(33-21(32)23(24,25)26)12-4-5-15-13-16(19(27)28)8-11-18(15)30/h6-11,13,30H,4-5,12H2,1-3H3,(H3,27,28). The van der Waals surface area contributed by atoms with E-state index >= 15 is 0 Å². The first-order valence-corrected chi connectivity index (χ1v) is 10.1. The highest BCUT2D eigenvalue weighted by molar-refractivity contribution is 5.95. The van der Waals surface area contributed by atoms with Crippen LogP contribution in [-0.4, -0.2) is 40.6 Å². The fourth-order valence-electron chi connectivity index (χ4n) is 2.96. The molecule has 0 bridgehead atoms. The zero-order chi connectivity index (χ0) is 25.0. The lowest BCUT2D eigenvalue weighted by Crippen LogP contribution is -2.39. The maximum atomic E-state index is 12.8. The summed E-state index contributed by atoms with van der Waals surface area (Å²) in [6, 6.07) is 10.5. The zero-order valence-electron chi connectivity index (χ0n) is 18.5. The summed E-state index contributed by atoms with van der Waals surface area (Å²) in [5, 5.41) is 17.8. The first-order chi connectivity index (χ1) is 15.2. The highest BCUT2D eigenvalue weighted by Crippen LogP contribution is 2.24. The number of nitrogens with two attached hydrogens (primary N) is 1. The Hall–Kier alpha value is -3.56. The Kier molecular flexibility index (Phi) is 7.73. The number of phenols is 1. The molecule has 10 heteroatoms. The number of alkyl halides is 3. The van der Waals surface area contributed by atoms with Crippen LogP contribution in [0.15, 0.2) is 42.5 Å². The molecule has 7 nitrogen and oxygen atoms in total. The van der Waals surface area contributed by atoms with E-state index in [0.717, 1.165) is 5.56 Å². The van der Waals surface area contributed by atoms with Crippen LogP contribution in [0.3, 0.4) is 0 Å². The number of rotatable bonds is 6. The van der Waals surface area contributed by atoms with E-state index in [4.69, 9.17) is 11.1 Å². The van der Waals surface area contributed by atoms with Gasteiger partial charge in [0.1, 0.15) is 11.6 Å². The lowest BCUT2D eigenvalue weighted by atomic mass is 9.86. The SMILES string of the molecule is CC(C)(C)c1ccc(C(=O)N(CCCc2cc(C(=N)N)ccc2O)OC(=O)C(F)(F)F)cc1. The van der Waals surface area contributed by atoms with Gasteiger partial charge in [0.2, 0.25) is 0 Å². The lowest BCUT2D eigenvalue weighted by Gasteiger charge is -2.23. The Morgan fingerprint density at radius 3 is 2.15 bits per heavy atom. The number of amides is 1. The summed E-state index contributed by atoms with van der Waals surface area (Å²) in [7, 11) is 0. The molecule has 0 radical (unpaired) electrons. The van der Waals surface area contributed by atoms with Crippen molar-refractivity contribution in [2.45, 2.75) is 45.2 Å². The van der Waals surface area contributed by atoms with Gasteiger partial charge in [-0.15, -0.1) is 0 Å². The molecule has 0 saturated carbocycles. The summed E-state index contributed by atoms with van der Waals surface area (Å²) in [4.78, 5) is 28.6. The largest absolute Gasteiger partial charge is 0.508 e. The van der Waals surface area contributed by atoms with E-state index < -0.39 is 18.1 Å². The van der Waals surface area contributed by atoms with Crippen molar-refractivity contribution < 1.29 is 32.7 Å². The van der Waals surface area contributed by atoms with Gasteiger partial charge in [0, 0.05) is 11.1 Å². The summed E-state index contributed by atoms with van der Waals surface area (Å²) < 4.78 is 38.2. The minimum absolute atomic E-state index is 0.0550. The van der Waals surface area contributed by atoms with E-state index in [1.165, 1.54) is 30.3 Å². The molecule has 0 aliphatic rings. The Balaban J connectivity index is 2.20. The Labute approximate surface area is 189 Å². The van der Waals surface area contributed by atoms with Crippen molar-refractivity contribution in [3.8, 4) is 5.75 Å². The van der Waals surface area contributed by atoms with E-state index in [1.807, 2.05) is 20.8 Å². The maximum Gasteiger partial charge on any atom is 0.493 e. The van der Waals surface area contributed by atoms with Crippen LogP contribution >= 0.6 is 0 Å². The number of nitrogens with zero attached hydrogens (tertiary/aromatic N) is 1. The Morgan fingerprint density at radius 1 is 1.06 bits per heavy atom. The average Bonchev–Trinajstić information content (AvgIpc) is 2.72. The van der Waals surface area contributed by atoms with Crippen LogP contribution in [0.2, 0.25) is 0 Å². The smallest absolute Gasteiger partial charge is 0.493 e. The van der Waals surface area contributed by atoms with Crippen molar-refractivity contribution >= 4 is 17.7 Å². The maximum absolute atomic E-state index is 12.8. The molecule has 0 unspecified atom stereocenters. The molecular weight excluding hydrogens is 439 g/mol. The number of phenolic OH excluding ortho intramolecular Hbond substituents is 1. The summed E-state index contributed by atoms with van der Waals surface area (Å²) in [5.74, 6) is -3.73. The summed E-state index contributed by atoms with van der Waals surface area (Å²) >= 11 is 0. The topological polar surface area (TPSA) is 117 Å². The predicted molar refractivity (Wildman–Crippen MR) is 116 cm³/mol. The quantitative estimate of drug-likeness (QED) is 0.338. The van der Waals surface area contributed by atoms with Gasteiger partial charge >= 0.3 is 12.1 Å². The minimum atomic E-state index is -5.28. The fourth-order valence-corrected chi connectivity index (χ4v) is 2.96. The van der Waals surface area contributed by atoms with Gasteiger partial charge in [-0.05, 0) is 59.7 Å². The van der Waals surface area contributed by atoms with Gasteiger partial charge in [-0.3, -0.25) is 10.2 Å². The second-order valence-corrected chi connectivity index (χ2v) is 8.47. The molecule has 0 aliphatic carbocycles. The van der Waals surface area contributed by atoms with Gasteiger partial charge in [0.15, 0.2) is 0 Å². The van der Waals surface area contributed by atoms with Crippen LogP contribution in [-0.2, 0) is 21.5 Å². The number of amidine groups is 1. The van der Waals surface area contributed by atoms with Gasteiger partial charge in [0.05, 0.1) is 6.54 Å². The number of halogens is 3. The average molecular weight is 465 g/mol. The number of aryl methyl sites for hydroxylation is 1. The van der Waals surface area contributed by atoms with E-state index in [-0.39, 0.29) is 41.9 Å². The monoisotopic (exact) mass is 465 g/mol. The van der Waals surface area contributed by atoms with Crippen molar-refractivity contribution in [2.24, 2.45) is 5.73 Å². The van der Waals surface area contributed by atoms with E-state index in [0.29, 0.717) is 16.2 Å². The van der Waals surface area contributed by atoms with Gasteiger partial charge in [-0.1, -0.05) is 32.9 Å². The van der Waals surface area contributed by atoms with E-state index in [2.05, 4.69) is 4.84 Å². The highest BCUT2D eigenvalue weighted by atomic mass is 19.4. The molecule has 0 saturated heterocycles. The van der Waals surface area contributed by atoms with Gasteiger partial charge in [-0.25, -0.2) is 4.79 Å². The molecule has 33 heavy (non-hydrogen) atoms. The molecule has 0 heterocycles. The molecule has 0 fully saturated rings. The second-order valence-electron chi connectivity index (χ2n) is 8.47. The van der Waals surface area contributed by atoms with Gasteiger partial charge < -0.3 is 15.7 Å². The number of benzene rings is 2.